The summed E-state index contributed by atoms with van der Waals surface area (Å²) in [6.07, 6.45) is 0.982. The number of nitrogens with zero attached hydrogens (tertiary/aromatic N) is 1. The number of ether oxygens (including phenoxy) is 2. The molecule has 1 N–H and O–H groups in total. The molecule has 0 rings (SSSR count). The molecule has 0 fully saturated rings. The fourth-order valence-electron chi connectivity index (χ4n) is 1.40. The highest BCUT2D eigenvalue weighted by molar-refractivity contribution is 4.56. The first-order chi connectivity index (χ1) is 8.16. The molecule has 0 spiro atoms. The van der Waals surface area contributed by atoms with Crippen molar-refractivity contribution >= 4 is 0 Å². The summed E-state index contributed by atoms with van der Waals surface area (Å²) in [6, 6.07) is 0. The number of methoxy groups -OCH3 is 1. The second-order valence-electron chi connectivity index (χ2n) is 4.86. The predicted octanol–water partition coefficient (Wildman–Crippen LogP) is 1.22. The molecule has 0 aliphatic heterocycles. The monoisotopic (exact) mass is 246 g/mol. The first kappa shape index (κ1) is 16.8. The maximum atomic E-state index is 5.51. The molecule has 0 amide bonds. The van der Waals surface area contributed by atoms with Gasteiger partial charge in [-0.1, -0.05) is 13.8 Å². The van der Waals surface area contributed by atoms with E-state index in [2.05, 4.69) is 31.1 Å². The van der Waals surface area contributed by atoms with Crippen LogP contribution in [0.25, 0.3) is 0 Å². The van der Waals surface area contributed by atoms with Gasteiger partial charge in [0.1, 0.15) is 0 Å². The van der Waals surface area contributed by atoms with Gasteiger partial charge in [-0.15, -0.1) is 0 Å². The van der Waals surface area contributed by atoms with Crippen LogP contribution < -0.4 is 5.32 Å². The van der Waals surface area contributed by atoms with Crippen LogP contribution in [0.4, 0.5) is 0 Å². The molecule has 0 aliphatic carbocycles. The van der Waals surface area contributed by atoms with Crippen molar-refractivity contribution in [1.29, 1.82) is 0 Å². The Morgan fingerprint density at radius 1 is 1.12 bits per heavy atom. The smallest absolute Gasteiger partial charge is 0.0593 e. The van der Waals surface area contributed by atoms with Gasteiger partial charge in [-0.05, 0) is 25.9 Å². The van der Waals surface area contributed by atoms with Crippen LogP contribution in [-0.2, 0) is 9.47 Å². The summed E-state index contributed by atoms with van der Waals surface area (Å²) in [5, 5.41) is 3.44. The first-order valence-corrected chi connectivity index (χ1v) is 6.62. The van der Waals surface area contributed by atoms with E-state index in [4.69, 9.17) is 9.47 Å². The van der Waals surface area contributed by atoms with Crippen LogP contribution in [0.2, 0.25) is 0 Å². The molecular weight excluding hydrogens is 216 g/mol. The summed E-state index contributed by atoms with van der Waals surface area (Å²) in [5.41, 5.74) is 0. The molecular formula is C13H30N2O2. The summed E-state index contributed by atoms with van der Waals surface area (Å²) in [6.45, 7) is 11.1. The summed E-state index contributed by atoms with van der Waals surface area (Å²) in [4.78, 5) is 2.30. The maximum absolute atomic E-state index is 5.51. The average Bonchev–Trinajstić information content (AvgIpc) is 2.29. The van der Waals surface area contributed by atoms with Crippen molar-refractivity contribution in [1.82, 2.24) is 10.2 Å². The van der Waals surface area contributed by atoms with Gasteiger partial charge in [0.25, 0.3) is 0 Å². The predicted molar refractivity (Wildman–Crippen MR) is 72.5 cm³/mol. The van der Waals surface area contributed by atoms with Gasteiger partial charge in [-0.3, -0.25) is 0 Å². The third kappa shape index (κ3) is 13.8. The van der Waals surface area contributed by atoms with Gasteiger partial charge in [0.2, 0.25) is 0 Å². The molecule has 0 aliphatic rings. The Balaban J connectivity index is 3.14. The minimum absolute atomic E-state index is 0.726. The molecule has 0 heterocycles. The lowest BCUT2D eigenvalue weighted by Crippen LogP contribution is -2.33. The molecule has 4 heteroatoms. The minimum Gasteiger partial charge on any atom is -0.385 e. The SMILES string of the molecule is COCCCOCCN(C)CCNCC(C)C. The second kappa shape index (κ2) is 12.3. The fraction of sp³-hybridized carbons (Fsp3) is 1.00. The van der Waals surface area contributed by atoms with Crippen molar-refractivity contribution in [2.24, 2.45) is 5.92 Å². The Bertz CT molecular complexity index is 154. The van der Waals surface area contributed by atoms with Crippen LogP contribution in [0, 0.1) is 5.92 Å². The van der Waals surface area contributed by atoms with Crippen LogP contribution >= 0.6 is 0 Å². The van der Waals surface area contributed by atoms with Crippen molar-refractivity contribution in [3.63, 3.8) is 0 Å². The van der Waals surface area contributed by atoms with Crippen molar-refractivity contribution in [2.75, 3.05) is 60.2 Å². The lowest BCUT2D eigenvalue weighted by molar-refractivity contribution is 0.0889. The lowest BCUT2D eigenvalue weighted by Gasteiger charge is -2.17. The van der Waals surface area contributed by atoms with Crippen molar-refractivity contribution in [3.8, 4) is 0 Å². The molecule has 0 saturated carbocycles. The van der Waals surface area contributed by atoms with Crippen LogP contribution in [0.3, 0.4) is 0 Å². The van der Waals surface area contributed by atoms with Gasteiger partial charge in [-0.2, -0.15) is 0 Å². The maximum Gasteiger partial charge on any atom is 0.0593 e. The third-order valence-electron chi connectivity index (χ3n) is 2.48. The lowest BCUT2D eigenvalue weighted by atomic mass is 10.2. The molecule has 104 valence electrons. The van der Waals surface area contributed by atoms with Gasteiger partial charge < -0.3 is 19.7 Å². The summed E-state index contributed by atoms with van der Waals surface area (Å²) >= 11 is 0. The summed E-state index contributed by atoms with van der Waals surface area (Å²) in [5.74, 6) is 0.726. The molecule has 4 nitrogen and oxygen atoms in total. The van der Waals surface area contributed by atoms with E-state index in [0.717, 1.165) is 58.3 Å². The molecule has 17 heavy (non-hydrogen) atoms. The van der Waals surface area contributed by atoms with E-state index in [1.54, 1.807) is 7.11 Å². The average molecular weight is 246 g/mol. The van der Waals surface area contributed by atoms with E-state index < -0.39 is 0 Å². The van der Waals surface area contributed by atoms with E-state index in [-0.39, 0.29) is 0 Å². The van der Waals surface area contributed by atoms with E-state index >= 15 is 0 Å². The Morgan fingerprint density at radius 3 is 2.53 bits per heavy atom. The van der Waals surface area contributed by atoms with Gasteiger partial charge in [-0.25, -0.2) is 0 Å². The molecule has 0 radical (unpaired) electrons. The highest BCUT2D eigenvalue weighted by Gasteiger charge is 1.98. The largest absolute Gasteiger partial charge is 0.385 e. The van der Waals surface area contributed by atoms with Crippen LogP contribution in [0.15, 0.2) is 0 Å². The van der Waals surface area contributed by atoms with Crippen LogP contribution in [-0.4, -0.2) is 65.1 Å². The fourth-order valence-corrected chi connectivity index (χ4v) is 1.40. The first-order valence-electron chi connectivity index (χ1n) is 6.62. The molecule has 0 atom stereocenters. The number of nitrogens with one attached hydrogen (secondary N) is 1. The zero-order chi connectivity index (χ0) is 12.9. The van der Waals surface area contributed by atoms with Gasteiger partial charge in [0, 0.05) is 40.0 Å². The van der Waals surface area contributed by atoms with Crippen LogP contribution in [0.5, 0.6) is 0 Å². The zero-order valence-electron chi connectivity index (χ0n) is 12.0. The zero-order valence-corrected chi connectivity index (χ0v) is 12.0. The standard InChI is InChI=1S/C13H30N2O2/c1-13(2)12-14-6-7-15(3)8-11-17-10-5-9-16-4/h13-14H,5-12H2,1-4H3. The molecule has 0 bridgehead atoms. The number of hydrogen-bond donors (Lipinski definition) is 1. The third-order valence-corrected chi connectivity index (χ3v) is 2.48. The van der Waals surface area contributed by atoms with E-state index in [9.17, 15) is 0 Å². The Hall–Kier alpha value is -0.160. The molecule has 0 aromatic carbocycles. The number of likely N-dealkylation sites (N-methyl/N-ethyl adjacent to an activating group) is 1. The number of rotatable bonds is 12. The Labute approximate surface area is 107 Å². The van der Waals surface area contributed by atoms with Crippen LogP contribution in [0.1, 0.15) is 20.3 Å². The van der Waals surface area contributed by atoms with E-state index in [0.29, 0.717) is 0 Å². The van der Waals surface area contributed by atoms with E-state index in [1.807, 2.05) is 0 Å². The Kier molecular flexibility index (Phi) is 12.2. The molecule has 0 saturated heterocycles. The highest BCUT2D eigenvalue weighted by atomic mass is 16.5. The Morgan fingerprint density at radius 2 is 1.88 bits per heavy atom. The quantitative estimate of drug-likeness (QED) is 0.525. The van der Waals surface area contributed by atoms with Gasteiger partial charge in [0.05, 0.1) is 6.61 Å². The van der Waals surface area contributed by atoms with Gasteiger partial charge in [0.15, 0.2) is 0 Å². The summed E-state index contributed by atoms with van der Waals surface area (Å²) in [7, 11) is 3.85. The van der Waals surface area contributed by atoms with Crippen molar-refractivity contribution in [3.05, 3.63) is 0 Å². The summed E-state index contributed by atoms with van der Waals surface area (Å²) < 4.78 is 10.5. The van der Waals surface area contributed by atoms with Gasteiger partial charge >= 0.3 is 0 Å². The minimum atomic E-state index is 0.726. The van der Waals surface area contributed by atoms with Crippen molar-refractivity contribution in [2.45, 2.75) is 20.3 Å². The number of hydrogen-bond acceptors (Lipinski definition) is 4. The van der Waals surface area contributed by atoms with E-state index in [1.165, 1.54) is 0 Å². The highest BCUT2D eigenvalue weighted by Crippen LogP contribution is 1.88. The molecule has 0 aromatic rings. The second-order valence-corrected chi connectivity index (χ2v) is 4.86. The van der Waals surface area contributed by atoms with Crippen molar-refractivity contribution < 1.29 is 9.47 Å². The molecule has 0 unspecified atom stereocenters. The topological polar surface area (TPSA) is 33.7 Å². The molecule has 0 aromatic heterocycles. The normalized spacial score (nSPS) is 11.6.